The van der Waals surface area contributed by atoms with Crippen molar-refractivity contribution in [3.8, 4) is 0 Å². The Balaban J connectivity index is 1.95. The molecule has 3 rings (SSSR count). The van der Waals surface area contributed by atoms with Crippen LogP contribution in [0.25, 0.3) is 0 Å². The van der Waals surface area contributed by atoms with Gasteiger partial charge in [0.1, 0.15) is 17.7 Å². The molecule has 1 aliphatic rings. The van der Waals surface area contributed by atoms with Gasteiger partial charge in [-0.05, 0) is 44.7 Å². The van der Waals surface area contributed by atoms with E-state index in [4.69, 9.17) is 11.6 Å². The van der Waals surface area contributed by atoms with Crippen molar-refractivity contribution in [3.05, 3.63) is 47.2 Å². The normalized spacial score (nSPS) is 16.2. The maximum Gasteiger partial charge on any atom is 0.343 e. The average molecular weight is 578 g/mol. The van der Waals surface area contributed by atoms with Gasteiger partial charge in [-0.1, -0.05) is 36.7 Å². The molecule has 210 valence electrons. The van der Waals surface area contributed by atoms with E-state index in [-0.39, 0.29) is 35.3 Å². The number of halogens is 1. The number of aromatic nitrogens is 2. The summed E-state index contributed by atoms with van der Waals surface area (Å²) in [7, 11) is 0. The summed E-state index contributed by atoms with van der Waals surface area (Å²) in [4.78, 5) is 63.8. The largest absolute Gasteiger partial charge is 0.609 e. The molecule has 0 aliphatic carbocycles. The fourth-order valence-corrected chi connectivity index (χ4v) is 5.17. The number of benzene rings is 1. The smallest absolute Gasteiger partial charge is 0.343 e. The van der Waals surface area contributed by atoms with Crippen LogP contribution in [0.5, 0.6) is 0 Å². The molecule has 0 spiro atoms. The molecule has 2 aromatic rings. The highest BCUT2D eigenvalue weighted by Gasteiger charge is 2.50. The Morgan fingerprint density at radius 1 is 1.23 bits per heavy atom. The first kappa shape index (κ1) is 30.3. The SMILES string of the molecule is CCC(CCNC(=O)c1nc([S+](C)[O-])ncc1Cl)(C(=O)N1CCCC1)C(=O)N(c1ccccc1)[C@@H](C)C(=O)O. The number of aliphatic carboxylic acids is 1. The number of carbonyl (C=O) groups excluding carboxylic acids is 3. The third kappa shape index (κ3) is 6.68. The molecule has 0 radical (unpaired) electrons. The van der Waals surface area contributed by atoms with Gasteiger partial charge < -0.3 is 19.9 Å². The number of carbonyl (C=O) groups is 4. The van der Waals surface area contributed by atoms with E-state index in [2.05, 4.69) is 15.3 Å². The molecule has 1 aromatic carbocycles. The van der Waals surface area contributed by atoms with E-state index in [1.165, 1.54) is 19.4 Å². The van der Waals surface area contributed by atoms with E-state index in [9.17, 15) is 28.8 Å². The van der Waals surface area contributed by atoms with Crippen molar-refractivity contribution in [2.45, 2.75) is 50.7 Å². The van der Waals surface area contributed by atoms with E-state index in [1.54, 1.807) is 42.2 Å². The first-order chi connectivity index (χ1) is 18.5. The molecule has 1 saturated heterocycles. The Hall–Kier alpha value is -3.22. The summed E-state index contributed by atoms with van der Waals surface area (Å²) in [5.41, 5.74) is -1.47. The molecule has 3 amide bonds. The Labute approximate surface area is 235 Å². The minimum atomic E-state index is -1.64. The standard InChI is InChI=1S/C26H32ClN5O6S/c1-4-26(23(36)31-14-8-9-15-31,24(37)32(17(2)22(34)35)18-10-6-5-7-11-18)12-13-28-21(33)20-19(27)16-29-25(30-20)39(3)38/h5-7,10-11,16-17H,4,8-9,12-15H2,1-3H3,(H,28,33)(H,34,35)/t17-,26?,39?/m0/s1. The lowest BCUT2D eigenvalue weighted by atomic mass is 9.78. The van der Waals surface area contributed by atoms with Crippen LogP contribution in [0.15, 0.2) is 41.7 Å². The number of para-hydroxylation sites is 1. The number of hydrogen-bond acceptors (Lipinski definition) is 7. The van der Waals surface area contributed by atoms with Gasteiger partial charge in [0.15, 0.2) is 5.69 Å². The van der Waals surface area contributed by atoms with Crippen molar-refractivity contribution in [2.75, 3.05) is 30.8 Å². The van der Waals surface area contributed by atoms with Gasteiger partial charge in [0, 0.05) is 36.5 Å². The average Bonchev–Trinajstić information content (AvgIpc) is 3.46. The maximum absolute atomic E-state index is 14.3. The lowest BCUT2D eigenvalue weighted by Gasteiger charge is -2.39. The number of carboxylic acid groups (broad SMARTS) is 1. The quantitative estimate of drug-likeness (QED) is 0.234. The van der Waals surface area contributed by atoms with Crippen molar-refractivity contribution >= 4 is 52.2 Å². The summed E-state index contributed by atoms with van der Waals surface area (Å²) in [6, 6.07) is 7.10. The van der Waals surface area contributed by atoms with Crippen LogP contribution in [0.3, 0.4) is 0 Å². The minimum absolute atomic E-state index is 0.0433. The number of amides is 3. The fraction of sp³-hybridized carbons (Fsp3) is 0.462. The summed E-state index contributed by atoms with van der Waals surface area (Å²) < 4.78 is 11.8. The molecule has 2 N–H and O–H groups in total. The summed E-state index contributed by atoms with van der Waals surface area (Å²) in [6.45, 7) is 3.97. The van der Waals surface area contributed by atoms with Crippen LogP contribution in [-0.4, -0.2) is 80.1 Å². The number of hydrogen-bond donors (Lipinski definition) is 2. The lowest BCUT2D eigenvalue weighted by Crippen LogP contribution is -2.57. The predicted molar refractivity (Wildman–Crippen MR) is 146 cm³/mol. The Morgan fingerprint density at radius 2 is 1.87 bits per heavy atom. The third-order valence-corrected chi connectivity index (χ3v) is 7.83. The van der Waals surface area contributed by atoms with Crippen LogP contribution in [0.2, 0.25) is 5.02 Å². The van der Waals surface area contributed by atoms with Crippen molar-refractivity contribution in [3.63, 3.8) is 0 Å². The highest BCUT2D eigenvalue weighted by molar-refractivity contribution is 7.90. The van der Waals surface area contributed by atoms with Crippen molar-refractivity contribution in [1.29, 1.82) is 0 Å². The molecule has 1 aromatic heterocycles. The summed E-state index contributed by atoms with van der Waals surface area (Å²) in [5.74, 6) is -2.95. The van der Waals surface area contributed by atoms with Crippen LogP contribution < -0.4 is 10.2 Å². The minimum Gasteiger partial charge on any atom is -0.609 e. The highest BCUT2D eigenvalue weighted by Crippen LogP contribution is 2.36. The number of likely N-dealkylation sites (tertiary alicyclic amines) is 1. The Bertz CT molecular complexity index is 1210. The molecule has 2 heterocycles. The second kappa shape index (κ2) is 13.2. The van der Waals surface area contributed by atoms with E-state index in [1.807, 2.05) is 0 Å². The second-order valence-corrected chi connectivity index (χ2v) is 10.9. The van der Waals surface area contributed by atoms with Gasteiger partial charge in [0.05, 0.1) is 11.2 Å². The van der Waals surface area contributed by atoms with Gasteiger partial charge in [0.25, 0.3) is 5.91 Å². The van der Waals surface area contributed by atoms with Crippen molar-refractivity contribution in [2.24, 2.45) is 5.41 Å². The van der Waals surface area contributed by atoms with Gasteiger partial charge >= 0.3 is 11.1 Å². The zero-order valence-corrected chi connectivity index (χ0v) is 23.6. The van der Waals surface area contributed by atoms with Gasteiger partial charge in [-0.25, -0.2) is 4.79 Å². The molecule has 1 aliphatic heterocycles. The number of anilines is 1. The summed E-state index contributed by atoms with van der Waals surface area (Å²) in [5, 5.41) is 12.4. The molecule has 1 fully saturated rings. The third-order valence-electron chi connectivity index (χ3n) is 6.84. The number of nitrogens with zero attached hydrogens (tertiary/aromatic N) is 4. The van der Waals surface area contributed by atoms with E-state index in [0.717, 1.165) is 17.7 Å². The summed E-state index contributed by atoms with van der Waals surface area (Å²) >= 11 is 4.55. The molecule has 3 atom stereocenters. The summed E-state index contributed by atoms with van der Waals surface area (Å²) in [6.07, 6.45) is 4.15. The molecule has 0 saturated carbocycles. The molecule has 0 bridgehead atoms. The lowest BCUT2D eigenvalue weighted by molar-refractivity contribution is -0.151. The van der Waals surface area contributed by atoms with E-state index >= 15 is 0 Å². The van der Waals surface area contributed by atoms with Crippen LogP contribution in [0.4, 0.5) is 5.69 Å². The fourth-order valence-electron chi connectivity index (χ4n) is 4.58. The molecule has 39 heavy (non-hydrogen) atoms. The highest BCUT2D eigenvalue weighted by atomic mass is 35.5. The maximum atomic E-state index is 14.3. The van der Waals surface area contributed by atoms with E-state index < -0.39 is 46.3 Å². The molecule has 11 nitrogen and oxygen atoms in total. The van der Waals surface area contributed by atoms with E-state index in [0.29, 0.717) is 18.8 Å². The molecular weight excluding hydrogens is 546 g/mol. The molecule has 13 heteroatoms. The Kier molecular flexibility index (Phi) is 10.3. The molecular formula is C26H32ClN5O6S. The molecule has 2 unspecified atom stereocenters. The van der Waals surface area contributed by atoms with Crippen LogP contribution in [0, 0.1) is 5.41 Å². The first-order valence-electron chi connectivity index (χ1n) is 12.6. The zero-order valence-electron chi connectivity index (χ0n) is 22.1. The van der Waals surface area contributed by atoms with Crippen LogP contribution in [0.1, 0.15) is 50.0 Å². The van der Waals surface area contributed by atoms with Gasteiger partial charge in [-0.2, -0.15) is 9.97 Å². The van der Waals surface area contributed by atoms with Crippen molar-refractivity contribution in [1.82, 2.24) is 20.2 Å². The first-order valence-corrected chi connectivity index (χ1v) is 14.5. The topological polar surface area (TPSA) is 156 Å². The number of nitrogens with one attached hydrogen (secondary N) is 1. The number of rotatable bonds is 11. The zero-order chi connectivity index (χ0) is 28.7. The number of carboxylic acids is 1. The van der Waals surface area contributed by atoms with Crippen LogP contribution >= 0.6 is 11.6 Å². The van der Waals surface area contributed by atoms with Gasteiger partial charge in [-0.15, -0.1) is 0 Å². The second-order valence-electron chi connectivity index (χ2n) is 9.27. The Morgan fingerprint density at radius 3 is 2.44 bits per heavy atom. The predicted octanol–water partition coefficient (Wildman–Crippen LogP) is 2.51. The monoisotopic (exact) mass is 577 g/mol. The van der Waals surface area contributed by atoms with Crippen LogP contribution in [-0.2, 0) is 25.6 Å². The van der Waals surface area contributed by atoms with Gasteiger partial charge in [0.2, 0.25) is 11.8 Å². The van der Waals surface area contributed by atoms with Crippen molar-refractivity contribution < 1.29 is 28.8 Å². The van der Waals surface area contributed by atoms with Gasteiger partial charge in [-0.3, -0.25) is 19.3 Å².